The number of hydrogen-bond donors (Lipinski definition) is 1. The largest absolute Gasteiger partial charge is 0.493 e. The van der Waals surface area contributed by atoms with E-state index in [1.54, 1.807) is 14.2 Å². The van der Waals surface area contributed by atoms with E-state index in [1.165, 1.54) is 19.3 Å². The number of nitrogens with one attached hydrogen (secondary N) is 1. The summed E-state index contributed by atoms with van der Waals surface area (Å²) < 4.78 is 10.5. The normalized spacial score (nSPS) is 18.5. The van der Waals surface area contributed by atoms with Crippen molar-refractivity contribution in [3.05, 3.63) is 23.8 Å². The van der Waals surface area contributed by atoms with Crippen molar-refractivity contribution >= 4 is 5.91 Å². The number of benzene rings is 1. The second-order valence-corrected chi connectivity index (χ2v) is 5.99. The van der Waals surface area contributed by atoms with Crippen LogP contribution in [0.25, 0.3) is 0 Å². The lowest BCUT2D eigenvalue weighted by Crippen LogP contribution is -2.45. The summed E-state index contributed by atoms with van der Waals surface area (Å²) in [6.07, 6.45) is 4.80. The first-order chi connectivity index (χ1) is 11.2. The summed E-state index contributed by atoms with van der Waals surface area (Å²) in [5, 5.41) is 3.00. The van der Waals surface area contributed by atoms with Crippen molar-refractivity contribution in [2.45, 2.75) is 45.2 Å². The first-order valence-electron chi connectivity index (χ1n) is 8.39. The Kier molecular flexibility index (Phi) is 6.71. The van der Waals surface area contributed by atoms with Gasteiger partial charge in [-0.2, -0.15) is 0 Å². The molecule has 0 saturated carbocycles. The Morgan fingerprint density at radius 2 is 2.04 bits per heavy atom. The third kappa shape index (κ3) is 4.86. The number of rotatable bonds is 7. The van der Waals surface area contributed by atoms with Gasteiger partial charge in [0.15, 0.2) is 11.5 Å². The molecule has 5 heteroatoms. The first kappa shape index (κ1) is 17.6. The lowest BCUT2D eigenvalue weighted by Gasteiger charge is -2.34. The molecule has 1 unspecified atom stereocenters. The predicted molar refractivity (Wildman–Crippen MR) is 90.9 cm³/mol. The molecule has 1 aliphatic heterocycles. The van der Waals surface area contributed by atoms with E-state index >= 15 is 0 Å². The van der Waals surface area contributed by atoms with Crippen molar-refractivity contribution < 1.29 is 14.3 Å². The minimum Gasteiger partial charge on any atom is -0.493 e. The number of carbonyl (C=O) groups is 1. The highest BCUT2D eigenvalue weighted by atomic mass is 16.5. The lowest BCUT2D eigenvalue weighted by molar-refractivity contribution is -0.123. The maximum atomic E-state index is 12.2. The van der Waals surface area contributed by atoms with Crippen molar-refractivity contribution in [1.82, 2.24) is 10.2 Å². The Hall–Kier alpha value is -1.75. The predicted octanol–water partition coefficient (Wildman–Crippen LogP) is 2.58. The zero-order valence-electron chi connectivity index (χ0n) is 14.4. The van der Waals surface area contributed by atoms with E-state index < -0.39 is 0 Å². The maximum absolute atomic E-state index is 12.2. The van der Waals surface area contributed by atoms with Gasteiger partial charge in [0.2, 0.25) is 5.91 Å². The highest BCUT2D eigenvalue weighted by molar-refractivity contribution is 5.78. The first-order valence-corrected chi connectivity index (χ1v) is 8.39. The highest BCUT2D eigenvalue weighted by Gasteiger charge is 2.22. The van der Waals surface area contributed by atoms with Gasteiger partial charge in [0, 0.05) is 12.6 Å². The van der Waals surface area contributed by atoms with Gasteiger partial charge in [0.25, 0.3) is 0 Å². The molecule has 1 fully saturated rings. The summed E-state index contributed by atoms with van der Waals surface area (Å²) in [4.78, 5) is 14.5. The van der Waals surface area contributed by atoms with Crippen LogP contribution in [-0.4, -0.2) is 44.2 Å². The second kappa shape index (κ2) is 8.77. The average molecular weight is 320 g/mol. The number of methoxy groups -OCH3 is 2. The van der Waals surface area contributed by atoms with E-state index in [4.69, 9.17) is 9.47 Å². The fourth-order valence-electron chi connectivity index (χ4n) is 3.16. The van der Waals surface area contributed by atoms with Crippen LogP contribution in [0.1, 0.15) is 38.2 Å². The molecule has 1 N–H and O–H groups in total. The minimum absolute atomic E-state index is 0.0835. The van der Waals surface area contributed by atoms with Crippen LogP contribution in [0.4, 0.5) is 0 Å². The Balaban J connectivity index is 1.86. The maximum Gasteiger partial charge on any atom is 0.234 e. The quantitative estimate of drug-likeness (QED) is 0.839. The van der Waals surface area contributed by atoms with E-state index in [0.29, 0.717) is 30.6 Å². The summed E-state index contributed by atoms with van der Waals surface area (Å²) in [5.74, 6) is 1.46. The second-order valence-electron chi connectivity index (χ2n) is 5.99. The molecule has 0 spiro atoms. The topological polar surface area (TPSA) is 50.8 Å². The number of likely N-dealkylation sites (tertiary alicyclic amines) is 1. The van der Waals surface area contributed by atoms with Crippen molar-refractivity contribution in [3.63, 3.8) is 0 Å². The van der Waals surface area contributed by atoms with Crippen molar-refractivity contribution in [2.24, 2.45) is 0 Å². The van der Waals surface area contributed by atoms with Crippen molar-refractivity contribution in [3.8, 4) is 11.5 Å². The smallest absolute Gasteiger partial charge is 0.234 e. The number of hydrogen-bond acceptors (Lipinski definition) is 4. The van der Waals surface area contributed by atoms with Gasteiger partial charge < -0.3 is 14.8 Å². The van der Waals surface area contributed by atoms with Gasteiger partial charge in [-0.25, -0.2) is 0 Å². The molecule has 1 aliphatic rings. The third-order valence-corrected chi connectivity index (χ3v) is 4.50. The minimum atomic E-state index is 0.0835. The molecule has 1 saturated heterocycles. The van der Waals surface area contributed by atoms with Gasteiger partial charge in [0.05, 0.1) is 20.8 Å². The fourth-order valence-corrected chi connectivity index (χ4v) is 3.16. The monoisotopic (exact) mass is 320 g/mol. The molecule has 0 radical (unpaired) electrons. The van der Waals surface area contributed by atoms with E-state index in [-0.39, 0.29) is 5.91 Å². The van der Waals surface area contributed by atoms with Gasteiger partial charge in [-0.15, -0.1) is 0 Å². The molecule has 2 rings (SSSR count). The van der Waals surface area contributed by atoms with Gasteiger partial charge in [-0.05, 0) is 43.5 Å². The lowest BCUT2D eigenvalue weighted by atomic mass is 10.00. The number of piperidine rings is 1. The Morgan fingerprint density at radius 1 is 1.26 bits per heavy atom. The van der Waals surface area contributed by atoms with Crippen LogP contribution < -0.4 is 14.8 Å². The molecule has 23 heavy (non-hydrogen) atoms. The molecule has 0 aromatic heterocycles. The molecule has 1 aromatic carbocycles. The van der Waals surface area contributed by atoms with E-state index in [1.807, 2.05) is 18.2 Å². The highest BCUT2D eigenvalue weighted by Crippen LogP contribution is 2.27. The average Bonchev–Trinajstić information content (AvgIpc) is 2.60. The van der Waals surface area contributed by atoms with Crippen LogP contribution in [0.3, 0.4) is 0 Å². The van der Waals surface area contributed by atoms with Crippen LogP contribution in [0.5, 0.6) is 11.5 Å². The van der Waals surface area contributed by atoms with Gasteiger partial charge in [-0.3, -0.25) is 9.69 Å². The summed E-state index contributed by atoms with van der Waals surface area (Å²) >= 11 is 0. The van der Waals surface area contributed by atoms with Crippen LogP contribution in [0.15, 0.2) is 18.2 Å². The molecular formula is C18H28N2O3. The summed E-state index contributed by atoms with van der Waals surface area (Å²) in [5.41, 5.74) is 1.00. The Bertz CT molecular complexity index is 519. The van der Waals surface area contributed by atoms with Gasteiger partial charge in [-0.1, -0.05) is 19.4 Å². The molecule has 1 atom stereocenters. The molecule has 1 aromatic rings. The molecule has 0 aliphatic carbocycles. The SMILES string of the molecule is CCC1CCCCN1CC(=O)NCc1ccc(OC)c(OC)c1. The standard InChI is InChI=1S/C18H28N2O3/c1-4-15-7-5-6-10-20(15)13-18(21)19-12-14-8-9-16(22-2)17(11-14)23-3/h8-9,11,15H,4-7,10,12-13H2,1-3H3,(H,19,21). The Morgan fingerprint density at radius 3 is 2.74 bits per heavy atom. The molecular weight excluding hydrogens is 292 g/mol. The number of carbonyl (C=O) groups excluding carboxylic acids is 1. The van der Waals surface area contributed by atoms with Crippen LogP contribution in [-0.2, 0) is 11.3 Å². The van der Waals surface area contributed by atoms with E-state index in [2.05, 4.69) is 17.1 Å². The van der Waals surface area contributed by atoms with E-state index in [9.17, 15) is 4.79 Å². The molecule has 1 amide bonds. The third-order valence-electron chi connectivity index (χ3n) is 4.50. The fraction of sp³-hybridized carbons (Fsp3) is 0.611. The number of amides is 1. The molecule has 0 bridgehead atoms. The van der Waals surface area contributed by atoms with Crippen molar-refractivity contribution in [2.75, 3.05) is 27.3 Å². The van der Waals surface area contributed by atoms with Crippen molar-refractivity contribution in [1.29, 1.82) is 0 Å². The number of ether oxygens (including phenoxy) is 2. The zero-order chi connectivity index (χ0) is 16.7. The van der Waals surface area contributed by atoms with Crippen LogP contribution in [0, 0.1) is 0 Å². The van der Waals surface area contributed by atoms with Crippen LogP contribution >= 0.6 is 0 Å². The summed E-state index contributed by atoms with van der Waals surface area (Å²) in [6, 6.07) is 6.25. The van der Waals surface area contributed by atoms with Gasteiger partial charge in [0.1, 0.15) is 0 Å². The molecule has 128 valence electrons. The van der Waals surface area contributed by atoms with Gasteiger partial charge >= 0.3 is 0 Å². The summed E-state index contributed by atoms with van der Waals surface area (Å²) in [6.45, 7) is 4.22. The Labute approximate surface area is 139 Å². The summed E-state index contributed by atoms with van der Waals surface area (Å²) in [7, 11) is 3.23. The zero-order valence-corrected chi connectivity index (χ0v) is 14.4. The molecule has 5 nitrogen and oxygen atoms in total. The van der Waals surface area contributed by atoms with Crippen LogP contribution in [0.2, 0.25) is 0 Å². The number of nitrogens with zero attached hydrogens (tertiary/aromatic N) is 1. The van der Waals surface area contributed by atoms with E-state index in [0.717, 1.165) is 18.5 Å². The molecule has 1 heterocycles.